The van der Waals surface area contributed by atoms with Gasteiger partial charge >= 0.3 is 5.63 Å². The SMILES string of the molecule is COc1ccc(-c2c(O)c3c(OC)c4c(c(CC=C(C)C)c3oc2=O)OC(C)(C)C=C4)cc1. The smallest absolute Gasteiger partial charge is 0.347 e. The normalized spacial score (nSPS) is 13.9. The molecule has 6 nitrogen and oxygen atoms in total. The molecule has 0 saturated heterocycles. The molecule has 0 radical (unpaired) electrons. The maximum Gasteiger partial charge on any atom is 0.347 e. The summed E-state index contributed by atoms with van der Waals surface area (Å²) >= 11 is 0. The number of allylic oxidation sites excluding steroid dienone is 2. The van der Waals surface area contributed by atoms with Crippen molar-refractivity contribution in [1.82, 2.24) is 0 Å². The first-order valence-electron chi connectivity index (χ1n) is 10.8. The Morgan fingerprint density at radius 1 is 1.12 bits per heavy atom. The summed E-state index contributed by atoms with van der Waals surface area (Å²) in [5.41, 5.74) is 2.15. The van der Waals surface area contributed by atoms with Gasteiger partial charge in [0, 0.05) is 5.56 Å². The Balaban J connectivity index is 2.10. The van der Waals surface area contributed by atoms with Gasteiger partial charge in [-0.05, 0) is 64.0 Å². The van der Waals surface area contributed by atoms with Crippen LogP contribution in [0.15, 0.2) is 51.2 Å². The van der Waals surface area contributed by atoms with Crippen LogP contribution in [0, 0.1) is 0 Å². The molecule has 1 aromatic heterocycles. The zero-order chi connectivity index (χ0) is 23.9. The quantitative estimate of drug-likeness (QED) is 0.388. The minimum Gasteiger partial charge on any atom is -0.506 e. The molecule has 3 aromatic rings. The molecular formula is C27H28O6. The van der Waals surface area contributed by atoms with Crippen LogP contribution in [0.5, 0.6) is 23.0 Å². The van der Waals surface area contributed by atoms with Crippen LogP contribution >= 0.6 is 0 Å². The Hall–Kier alpha value is -3.67. The maximum absolute atomic E-state index is 13.1. The van der Waals surface area contributed by atoms with Crippen LogP contribution < -0.4 is 19.8 Å². The van der Waals surface area contributed by atoms with Gasteiger partial charge in [0.2, 0.25) is 0 Å². The van der Waals surface area contributed by atoms with Crippen LogP contribution in [0.4, 0.5) is 0 Å². The van der Waals surface area contributed by atoms with Crippen LogP contribution in [-0.2, 0) is 6.42 Å². The Bertz CT molecular complexity index is 1340. The molecule has 0 bridgehead atoms. The van der Waals surface area contributed by atoms with E-state index in [9.17, 15) is 9.90 Å². The maximum atomic E-state index is 13.1. The highest BCUT2D eigenvalue weighted by Crippen LogP contribution is 2.49. The molecule has 2 aromatic carbocycles. The van der Waals surface area contributed by atoms with Crippen molar-refractivity contribution < 1.29 is 23.7 Å². The first-order chi connectivity index (χ1) is 15.7. The van der Waals surface area contributed by atoms with Crippen LogP contribution in [0.25, 0.3) is 28.2 Å². The molecule has 0 saturated carbocycles. The number of rotatable bonds is 5. The molecule has 0 spiro atoms. The lowest BCUT2D eigenvalue weighted by molar-refractivity contribution is 0.157. The Morgan fingerprint density at radius 3 is 2.42 bits per heavy atom. The predicted molar refractivity (Wildman–Crippen MR) is 130 cm³/mol. The van der Waals surface area contributed by atoms with Gasteiger partial charge in [0.1, 0.15) is 39.5 Å². The molecule has 0 aliphatic carbocycles. The van der Waals surface area contributed by atoms with Crippen molar-refractivity contribution >= 4 is 17.0 Å². The minimum absolute atomic E-state index is 0.0672. The number of ether oxygens (including phenoxy) is 3. The van der Waals surface area contributed by atoms with Crippen LogP contribution in [0.2, 0.25) is 0 Å². The van der Waals surface area contributed by atoms with Gasteiger partial charge in [-0.1, -0.05) is 23.8 Å². The molecule has 0 unspecified atom stereocenters. The lowest BCUT2D eigenvalue weighted by Gasteiger charge is -2.31. The fraction of sp³-hybridized carbons (Fsp3) is 0.296. The molecule has 1 N–H and O–H groups in total. The van der Waals surface area contributed by atoms with Crippen molar-refractivity contribution in [2.45, 2.75) is 39.7 Å². The van der Waals surface area contributed by atoms with Crippen molar-refractivity contribution in [2.24, 2.45) is 0 Å². The summed E-state index contributed by atoms with van der Waals surface area (Å²) in [6, 6.07) is 6.86. The summed E-state index contributed by atoms with van der Waals surface area (Å²) in [5.74, 6) is 1.43. The van der Waals surface area contributed by atoms with Gasteiger partial charge in [0.15, 0.2) is 5.58 Å². The molecule has 33 heavy (non-hydrogen) atoms. The fourth-order valence-corrected chi connectivity index (χ4v) is 4.02. The molecule has 4 rings (SSSR count). The highest BCUT2D eigenvalue weighted by atomic mass is 16.5. The van der Waals surface area contributed by atoms with E-state index in [4.69, 9.17) is 18.6 Å². The third-order valence-corrected chi connectivity index (χ3v) is 5.68. The average Bonchev–Trinajstić information content (AvgIpc) is 2.76. The third kappa shape index (κ3) is 3.97. The van der Waals surface area contributed by atoms with Gasteiger partial charge in [0.05, 0.1) is 19.8 Å². The van der Waals surface area contributed by atoms with Gasteiger partial charge in [-0.15, -0.1) is 0 Å². The van der Waals surface area contributed by atoms with Crippen molar-refractivity contribution in [1.29, 1.82) is 0 Å². The largest absolute Gasteiger partial charge is 0.506 e. The van der Waals surface area contributed by atoms with Gasteiger partial charge in [-0.3, -0.25) is 0 Å². The van der Waals surface area contributed by atoms with Crippen LogP contribution in [-0.4, -0.2) is 24.9 Å². The minimum atomic E-state index is -0.642. The van der Waals surface area contributed by atoms with E-state index in [1.54, 1.807) is 31.4 Å². The molecule has 0 atom stereocenters. The molecular weight excluding hydrogens is 420 g/mol. The topological polar surface area (TPSA) is 78.1 Å². The van der Waals surface area contributed by atoms with Crippen LogP contribution in [0.3, 0.4) is 0 Å². The molecule has 0 fully saturated rings. The third-order valence-electron chi connectivity index (χ3n) is 5.68. The molecule has 0 amide bonds. The second-order valence-corrected chi connectivity index (χ2v) is 8.82. The number of aromatic hydroxyl groups is 1. The zero-order valence-electron chi connectivity index (χ0n) is 19.7. The number of benzene rings is 2. The predicted octanol–water partition coefficient (Wildman–Crippen LogP) is 5.88. The summed E-state index contributed by atoms with van der Waals surface area (Å²) in [6.07, 6.45) is 6.37. The van der Waals surface area contributed by atoms with E-state index in [0.29, 0.717) is 45.7 Å². The van der Waals surface area contributed by atoms with Crippen molar-refractivity contribution in [3.63, 3.8) is 0 Å². The van der Waals surface area contributed by atoms with E-state index in [0.717, 1.165) is 5.57 Å². The van der Waals surface area contributed by atoms with Crippen LogP contribution in [0.1, 0.15) is 38.8 Å². The number of methoxy groups -OCH3 is 2. The van der Waals surface area contributed by atoms with Gasteiger partial charge in [0.25, 0.3) is 0 Å². The van der Waals surface area contributed by atoms with E-state index < -0.39 is 11.2 Å². The lowest BCUT2D eigenvalue weighted by Crippen LogP contribution is -2.28. The molecule has 1 aliphatic rings. The highest BCUT2D eigenvalue weighted by Gasteiger charge is 2.32. The van der Waals surface area contributed by atoms with E-state index in [2.05, 4.69) is 0 Å². The van der Waals surface area contributed by atoms with E-state index in [1.165, 1.54) is 7.11 Å². The van der Waals surface area contributed by atoms with Crippen molar-refractivity contribution in [3.8, 4) is 34.1 Å². The summed E-state index contributed by atoms with van der Waals surface area (Å²) in [5, 5.41) is 11.7. The van der Waals surface area contributed by atoms with E-state index in [-0.39, 0.29) is 16.9 Å². The Kier molecular flexibility index (Phi) is 5.70. The second-order valence-electron chi connectivity index (χ2n) is 8.82. The average molecular weight is 449 g/mol. The highest BCUT2D eigenvalue weighted by molar-refractivity contribution is 6.01. The van der Waals surface area contributed by atoms with Crippen molar-refractivity contribution in [3.05, 3.63) is 63.5 Å². The number of hydrogen-bond donors (Lipinski definition) is 1. The Labute approximate surface area is 192 Å². The zero-order valence-corrected chi connectivity index (χ0v) is 19.7. The summed E-state index contributed by atoms with van der Waals surface area (Å²) in [7, 11) is 3.09. The second kappa shape index (κ2) is 8.35. The number of fused-ring (bicyclic) bond motifs is 2. The van der Waals surface area contributed by atoms with Gasteiger partial charge in [-0.25, -0.2) is 4.79 Å². The monoisotopic (exact) mass is 448 g/mol. The van der Waals surface area contributed by atoms with Crippen molar-refractivity contribution in [2.75, 3.05) is 14.2 Å². The summed E-state index contributed by atoms with van der Waals surface area (Å²) < 4.78 is 23.1. The molecule has 172 valence electrons. The molecule has 1 aliphatic heterocycles. The standard InChI is InChI=1S/C27H28O6/c1-15(2)7-12-18-23-19(13-14-27(3,4)33-23)24(31-6)21-22(28)20(26(29)32-25(18)21)16-8-10-17(30-5)11-9-16/h7-11,13-14,28H,12H2,1-6H3. The number of hydrogen-bond acceptors (Lipinski definition) is 6. The molecule has 6 heteroatoms. The first-order valence-corrected chi connectivity index (χ1v) is 10.8. The summed E-state index contributed by atoms with van der Waals surface area (Å²) in [6.45, 7) is 7.90. The Morgan fingerprint density at radius 2 is 1.82 bits per heavy atom. The molecule has 2 heterocycles. The van der Waals surface area contributed by atoms with E-state index in [1.807, 2.05) is 45.9 Å². The first kappa shape index (κ1) is 22.5. The fourth-order valence-electron chi connectivity index (χ4n) is 4.02. The summed E-state index contributed by atoms with van der Waals surface area (Å²) in [4.78, 5) is 13.1. The van der Waals surface area contributed by atoms with Gasteiger partial charge < -0.3 is 23.7 Å². The van der Waals surface area contributed by atoms with E-state index >= 15 is 0 Å². The lowest BCUT2D eigenvalue weighted by atomic mass is 9.93. The van der Waals surface area contributed by atoms with Gasteiger partial charge in [-0.2, -0.15) is 0 Å².